The maximum absolute atomic E-state index is 10.5. The zero-order chi connectivity index (χ0) is 8.97. The number of nitrogens with one attached hydrogen (secondary N) is 2. The van der Waals surface area contributed by atoms with E-state index in [0.717, 1.165) is 0 Å². The summed E-state index contributed by atoms with van der Waals surface area (Å²) < 4.78 is 4.17. The molecule has 0 aliphatic rings. The summed E-state index contributed by atoms with van der Waals surface area (Å²) >= 11 is 0. The van der Waals surface area contributed by atoms with Crippen molar-refractivity contribution in [2.45, 2.75) is 6.54 Å². The van der Waals surface area contributed by atoms with E-state index in [-0.39, 0.29) is 12.4 Å². The van der Waals surface area contributed by atoms with Crippen molar-refractivity contribution < 1.29 is 9.32 Å². The van der Waals surface area contributed by atoms with Gasteiger partial charge in [0.25, 0.3) is 5.91 Å². The lowest BCUT2D eigenvalue weighted by molar-refractivity contribution is -0.115. The van der Waals surface area contributed by atoms with Crippen molar-refractivity contribution in [2.24, 2.45) is 0 Å². The van der Waals surface area contributed by atoms with Crippen LogP contribution >= 0.6 is 0 Å². The lowest BCUT2D eigenvalue weighted by Crippen LogP contribution is -2.21. The SMILES string of the molecule is C#CC(=O)NCc1noc(=O)[nH]1. The van der Waals surface area contributed by atoms with Crippen LogP contribution in [0.5, 0.6) is 0 Å². The van der Waals surface area contributed by atoms with Crippen molar-refractivity contribution in [1.29, 1.82) is 0 Å². The lowest BCUT2D eigenvalue weighted by Gasteiger charge is -1.93. The van der Waals surface area contributed by atoms with Crippen molar-refractivity contribution in [3.05, 3.63) is 16.4 Å². The largest absolute Gasteiger partial charge is 0.438 e. The van der Waals surface area contributed by atoms with Crippen LogP contribution in [-0.2, 0) is 11.3 Å². The molecule has 62 valence electrons. The summed E-state index contributed by atoms with van der Waals surface area (Å²) in [6.45, 7) is 0.0504. The van der Waals surface area contributed by atoms with Gasteiger partial charge in [0.05, 0.1) is 6.54 Å². The molecule has 0 fully saturated rings. The van der Waals surface area contributed by atoms with Gasteiger partial charge < -0.3 is 5.32 Å². The summed E-state index contributed by atoms with van der Waals surface area (Å²) in [4.78, 5) is 23.1. The van der Waals surface area contributed by atoms with Crippen molar-refractivity contribution in [2.75, 3.05) is 0 Å². The van der Waals surface area contributed by atoms with Gasteiger partial charge in [-0.3, -0.25) is 14.3 Å². The van der Waals surface area contributed by atoms with Gasteiger partial charge in [0.1, 0.15) is 0 Å². The van der Waals surface area contributed by atoms with Gasteiger partial charge in [-0.2, -0.15) is 0 Å². The highest BCUT2D eigenvalue weighted by Gasteiger charge is 2.00. The number of carbonyl (C=O) groups is 1. The van der Waals surface area contributed by atoms with Gasteiger partial charge in [-0.1, -0.05) is 5.16 Å². The number of hydrogen-bond donors (Lipinski definition) is 2. The molecule has 0 aliphatic carbocycles. The Morgan fingerprint density at radius 2 is 2.58 bits per heavy atom. The Morgan fingerprint density at radius 3 is 3.08 bits per heavy atom. The van der Waals surface area contributed by atoms with Crippen molar-refractivity contribution in [1.82, 2.24) is 15.5 Å². The highest BCUT2D eigenvalue weighted by molar-refractivity contribution is 5.92. The van der Waals surface area contributed by atoms with E-state index >= 15 is 0 Å². The molecule has 0 aliphatic heterocycles. The van der Waals surface area contributed by atoms with Gasteiger partial charge in [0.15, 0.2) is 5.82 Å². The second kappa shape index (κ2) is 3.39. The third kappa shape index (κ3) is 1.98. The standard InChI is InChI=1S/C6H5N3O3/c1-2-5(10)7-3-4-8-6(11)12-9-4/h1H,3H2,(H,7,10)(H,8,9,11). The number of hydrogen-bond acceptors (Lipinski definition) is 4. The zero-order valence-corrected chi connectivity index (χ0v) is 5.96. The zero-order valence-electron chi connectivity index (χ0n) is 5.96. The van der Waals surface area contributed by atoms with Crippen molar-refractivity contribution in [3.8, 4) is 12.3 Å². The molecule has 1 heterocycles. The fourth-order valence-electron chi connectivity index (χ4n) is 0.552. The quantitative estimate of drug-likeness (QED) is 0.531. The first-order valence-electron chi connectivity index (χ1n) is 3.01. The molecule has 0 saturated carbocycles. The van der Waals surface area contributed by atoms with Crippen LogP contribution in [0.3, 0.4) is 0 Å². The van der Waals surface area contributed by atoms with Crippen LogP contribution in [0.1, 0.15) is 5.82 Å². The molecule has 0 aromatic carbocycles. The monoisotopic (exact) mass is 167 g/mol. The summed E-state index contributed by atoms with van der Waals surface area (Å²) in [7, 11) is 0. The lowest BCUT2D eigenvalue weighted by atomic mass is 10.5. The first-order chi connectivity index (χ1) is 5.72. The van der Waals surface area contributed by atoms with E-state index in [9.17, 15) is 9.59 Å². The van der Waals surface area contributed by atoms with E-state index in [2.05, 4.69) is 20.0 Å². The fraction of sp³-hybridized carbons (Fsp3) is 0.167. The van der Waals surface area contributed by atoms with Gasteiger partial charge >= 0.3 is 5.76 Å². The summed E-state index contributed by atoms with van der Waals surface area (Å²) in [6.07, 6.45) is 4.76. The Morgan fingerprint density at radius 1 is 1.83 bits per heavy atom. The molecule has 2 N–H and O–H groups in total. The molecule has 0 unspecified atom stereocenters. The average Bonchev–Trinajstić information content (AvgIpc) is 2.47. The van der Waals surface area contributed by atoms with Gasteiger partial charge in [-0.15, -0.1) is 6.42 Å². The minimum absolute atomic E-state index is 0.0504. The molecule has 0 spiro atoms. The maximum Gasteiger partial charge on any atom is 0.438 e. The van der Waals surface area contributed by atoms with Crippen LogP contribution in [0.15, 0.2) is 9.32 Å². The Labute approximate surface area is 66.9 Å². The number of aromatic nitrogens is 2. The molecular formula is C6H5N3O3. The van der Waals surface area contributed by atoms with Crippen molar-refractivity contribution >= 4 is 5.91 Å². The number of nitrogens with zero attached hydrogens (tertiary/aromatic N) is 1. The first kappa shape index (κ1) is 8.07. The van der Waals surface area contributed by atoms with E-state index < -0.39 is 11.7 Å². The molecule has 1 aromatic rings. The summed E-state index contributed by atoms with van der Waals surface area (Å²) in [5, 5.41) is 5.59. The molecule has 1 rings (SSSR count). The number of carbonyl (C=O) groups excluding carboxylic acids is 1. The van der Waals surface area contributed by atoms with Gasteiger partial charge in [-0.05, 0) is 5.92 Å². The minimum atomic E-state index is -0.667. The fourth-order valence-corrected chi connectivity index (χ4v) is 0.552. The molecule has 6 heteroatoms. The molecule has 0 bridgehead atoms. The normalized spacial score (nSPS) is 8.92. The van der Waals surface area contributed by atoms with Crippen LogP contribution < -0.4 is 11.1 Å². The maximum atomic E-state index is 10.5. The first-order valence-corrected chi connectivity index (χ1v) is 3.01. The van der Waals surface area contributed by atoms with E-state index in [0.29, 0.717) is 0 Å². The summed E-state index contributed by atoms with van der Waals surface area (Å²) in [5.74, 6) is 0.830. The van der Waals surface area contributed by atoms with Crippen LogP contribution in [0.4, 0.5) is 0 Å². The van der Waals surface area contributed by atoms with E-state index in [1.165, 1.54) is 0 Å². The minimum Gasteiger partial charge on any atom is -0.338 e. The van der Waals surface area contributed by atoms with E-state index in [1.54, 1.807) is 0 Å². The topological polar surface area (TPSA) is 88.0 Å². The van der Waals surface area contributed by atoms with Gasteiger partial charge in [0.2, 0.25) is 0 Å². The van der Waals surface area contributed by atoms with Crippen LogP contribution in [-0.4, -0.2) is 16.0 Å². The molecule has 12 heavy (non-hydrogen) atoms. The van der Waals surface area contributed by atoms with Crippen molar-refractivity contribution in [3.63, 3.8) is 0 Å². The Hall–Kier alpha value is -2.03. The van der Waals surface area contributed by atoms with Crippen LogP contribution in [0.2, 0.25) is 0 Å². The van der Waals surface area contributed by atoms with E-state index in [4.69, 9.17) is 6.42 Å². The van der Waals surface area contributed by atoms with Gasteiger partial charge in [-0.25, -0.2) is 4.79 Å². The highest BCUT2D eigenvalue weighted by atomic mass is 16.5. The molecule has 6 nitrogen and oxygen atoms in total. The third-order valence-electron chi connectivity index (χ3n) is 1.03. The number of rotatable bonds is 2. The van der Waals surface area contributed by atoms with Gasteiger partial charge in [0, 0.05) is 0 Å². The molecular weight excluding hydrogens is 162 g/mol. The third-order valence-corrected chi connectivity index (χ3v) is 1.03. The highest BCUT2D eigenvalue weighted by Crippen LogP contribution is 1.81. The second-order valence-corrected chi connectivity index (χ2v) is 1.87. The molecule has 0 atom stereocenters. The Kier molecular flexibility index (Phi) is 2.28. The molecule has 1 aromatic heterocycles. The number of aromatic amines is 1. The Bertz CT molecular complexity index is 370. The summed E-state index contributed by atoms with van der Waals surface area (Å²) in [5.41, 5.74) is 0. The van der Waals surface area contributed by atoms with Crippen LogP contribution in [0, 0.1) is 12.3 Å². The average molecular weight is 167 g/mol. The smallest absolute Gasteiger partial charge is 0.338 e. The van der Waals surface area contributed by atoms with E-state index in [1.807, 2.05) is 5.92 Å². The number of terminal acetylenes is 1. The number of H-pyrrole nitrogens is 1. The molecule has 0 saturated heterocycles. The number of amides is 1. The predicted octanol–water partition coefficient (Wildman–Crippen LogP) is -1.39. The van der Waals surface area contributed by atoms with Crippen LogP contribution in [0.25, 0.3) is 0 Å². The summed E-state index contributed by atoms with van der Waals surface area (Å²) in [6, 6.07) is 0. The second-order valence-electron chi connectivity index (χ2n) is 1.87. The molecule has 1 amide bonds. The predicted molar refractivity (Wildman–Crippen MR) is 37.8 cm³/mol. The molecule has 0 radical (unpaired) electrons. The Balaban J connectivity index is 2.50.